The first-order chi connectivity index (χ1) is 28.5. The minimum absolute atomic E-state index is 0.235. The molecule has 9 aromatic carbocycles. The molecule has 0 fully saturated rings. The Labute approximate surface area is 335 Å². The molecule has 0 unspecified atom stereocenters. The maximum Gasteiger partial charge on any atom is 0.164 e. The van der Waals surface area contributed by atoms with E-state index in [-0.39, 0.29) is 5.41 Å². The zero-order chi connectivity index (χ0) is 38.5. The van der Waals surface area contributed by atoms with Crippen molar-refractivity contribution in [2.24, 2.45) is 0 Å². The largest absolute Gasteiger partial charge is 0.456 e. The standard InChI is InChI=1S/C54H35N3O/c1-54(2)46-24-11-10-20-40(46)41-21-12-23-43(50(41)54)53-56-51(32-14-4-3-5-15-32)55-52(57-53)42-22-13-25-48-49(42)45-31-34(27-29-47(45)58-48)33-26-28-39-37-18-7-6-16-35(37)36-17-8-9-19-38(36)44(39)30-33/h3-31H,1-2H3. The van der Waals surface area contributed by atoms with E-state index in [1.807, 2.05) is 30.3 Å². The van der Waals surface area contributed by atoms with Gasteiger partial charge < -0.3 is 4.42 Å². The third kappa shape index (κ3) is 4.78. The van der Waals surface area contributed by atoms with E-state index in [2.05, 4.69) is 159 Å². The summed E-state index contributed by atoms with van der Waals surface area (Å²) in [6.45, 7) is 4.61. The maximum atomic E-state index is 6.56. The normalized spacial score (nSPS) is 13.1. The van der Waals surface area contributed by atoms with Gasteiger partial charge in [0, 0.05) is 32.9 Å². The lowest BCUT2D eigenvalue weighted by molar-refractivity contribution is 0.661. The van der Waals surface area contributed by atoms with Gasteiger partial charge in [-0.05, 0) is 90.0 Å². The van der Waals surface area contributed by atoms with E-state index in [0.29, 0.717) is 17.5 Å². The number of aromatic nitrogens is 3. The molecular weight excluding hydrogens is 707 g/mol. The second kappa shape index (κ2) is 12.3. The topological polar surface area (TPSA) is 51.8 Å². The number of furan rings is 1. The summed E-state index contributed by atoms with van der Waals surface area (Å²) in [5.41, 5.74) is 11.5. The van der Waals surface area contributed by atoms with Crippen LogP contribution >= 0.6 is 0 Å². The fraction of sp³-hybridized carbons (Fsp3) is 0.0556. The van der Waals surface area contributed by atoms with E-state index in [9.17, 15) is 0 Å². The number of fused-ring (bicyclic) bond motifs is 12. The van der Waals surface area contributed by atoms with Gasteiger partial charge in [-0.15, -0.1) is 0 Å². The zero-order valence-electron chi connectivity index (χ0n) is 32.0. The van der Waals surface area contributed by atoms with Crippen LogP contribution in [-0.4, -0.2) is 15.0 Å². The molecule has 0 saturated carbocycles. The molecule has 272 valence electrons. The van der Waals surface area contributed by atoms with Crippen LogP contribution in [0.1, 0.15) is 25.0 Å². The Bertz CT molecular complexity index is 3450. The summed E-state index contributed by atoms with van der Waals surface area (Å²) >= 11 is 0. The number of rotatable bonds is 4. The van der Waals surface area contributed by atoms with Crippen LogP contribution in [0.15, 0.2) is 180 Å². The van der Waals surface area contributed by atoms with Crippen molar-refractivity contribution in [3.63, 3.8) is 0 Å². The molecule has 0 atom stereocenters. The Hall–Kier alpha value is -7.43. The van der Waals surface area contributed by atoms with Gasteiger partial charge in [-0.2, -0.15) is 0 Å². The van der Waals surface area contributed by atoms with E-state index < -0.39 is 0 Å². The van der Waals surface area contributed by atoms with Crippen molar-refractivity contribution < 1.29 is 4.42 Å². The highest BCUT2D eigenvalue weighted by Gasteiger charge is 2.38. The van der Waals surface area contributed by atoms with Gasteiger partial charge in [0.15, 0.2) is 17.5 Å². The summed E-state index contributed by atoms with van der Waals surface area (Å²) in [5, 5.41) is 9.57. The summed E-state index contributed by atoms with van der Waals surface area (Å²) in [6.07, 6.45) is 0. The summed E-state index contributed by atoms with van der Waals surface area (Å²) < 4.78 is 6.56. The number of benzene rings is 9. The van der Waals surface area contributed by atoms with Gasteiger partial charge >= 0.3 is 0 Å². The second-order valence-corrected chi connectivity index (χ2v) is 15.9. The Kier molecular flexibility index (Phi) is 6.94. The van der Waals surface area contributed by atoms with Crippen molar-refractivity contribution >= 4 is 54.3 Å². The zero-order valence-corrected chi connectivity index (χ0v) is 32.0. The first-order valence-corrected chi connectivity index (χ1v) is 19.9. The molecule has 0 aliphatic heterocycles. The number of hydrogen-bond donors (Lipinski definition) is 0. The van der Waals surface area contributed by atoms with Crippen molar-refractivity contribution in [2.45, 2.75) is 19.3 Å². The molecule has 1 aliphatic rings. The monoisotopic (exact) mass is 741 g/mol. The summed E-state index contributed by atoms with van der Waals surface area (Å²) in [7, 11) is 0. The average Bonchev–Trinajstić information content (AvgIpc) is 3.78. The van der Waals surface area contributed by atoms with Crippen molar-refractivity contribution in [3.8, 4) is 56.4 Å². The predicted octanol–water partition coefficient (Wildman–Crippen LogP) is 14.2. The predicted molar refractivity (Wildman–Crippen MR) is 239 cm³/mol. The average molecular weight is 742 g/mol. The van der Waals surface area contributed by atoms with E-state index in [1.165, 1.54) is 54.6 Å². The molecule has 4 heteroatoms. The smallest absolute Gasteiger partial charge is 0.164 e. The van der Waals surface area contributed by atoms with Gasteiger partial charge in [0.25, 0.3) is 0 Å². The van der Waals surface area contributed by atoms with Crippen LogP contribution in [0, 0.1) is 0 Å². The highest BCUT2D eigenvalue weighted by Crippen LogP contribution is 2.52. The van der Waals surface area contributed by atoms with Gasteiger partial charge in [0.2, 0.25) is 0 Å². The van der Waals surface area contributed by atoms with E-state index in [0.717, 1.165) is 49.8 Å². The van der Waals surface area contributed by atoms with Crippen LogP contribution in [0.2, 0.25) is 0 Å². The quantitative estimate of drug-likeness (QED) is 0.169. The molecule has 0 spiro atoms. The lowest BCUT2D eigenvalue weighted by atomic mass is 9.80. The molecule has 11 aromatic rings. The van der Waals surface area contributed by atoms with Crippen LogP contribution in [0.25, 0.3) is 111 Å². The van der Waals surface area contributed by atoms with Gasteiger partial charge in [0.05, 0.1) is 0 Å². The molecular formula is C54H35N3O. The van der Waals surface area contributed by atoms with Gasteiger partial charge in [-0.1, -0.05) is 166 Å². The van der Waals surface area contributed by atoms with Crippen molar-refractivity contribution in [1.29, 1.82) is 0 Å². The molecule has 0 saturated heterocycles. The second-order valence-electron chi connectivity index (χ2n) is 15.9. The molecule has 12 rings (SSSR count). The van der Waals surface area contributed by atoms with Crippen LogP contribution in [0.5, 0.6) is 0 Å². The minimum Gasteiger partial charge on any atom is -0.456 e. The summed E-state index contributed by atoms with van der Waals surface area (Å²) in [5.74, 6) is 1.90. The van der Waals surface area contributed by atoms with Gasteiger partial charge in [-0.3, -0.25) is 0 Å². The SMILES string of the molecule is CC1(C)c2ccccc2-c2cccc(-c3nc(-c4ccccc4)nc(-c4cccc5oc6ccc(-c7ccc8c9ccccc9c9ccccc9c8c7)cc6c45)n3)c21. The van der Waals surface area contributed by atoms with Gasteiger partial charge in [-0.25, -0.2) is 15.0 Å². The van der Waals surface area contributed by atoms with Crippen molar-refractivity contribution in [1.82, 2.24) is 15.0 Å². The molecule has 1 aliphatic carbocycles. The van der Waals surface area contributed by atoms with E-state index in [1.54, 1.807) is 0 Å². The lowest BCUT2D eigenvalue weighted by Crippen LogP contribution is -2.17. The minimum atomic E-state index is -0.235. The lowest BCUT2D eigenvalue weighted by Gasteiger charge is -2.24. The molecule has 2 aromatic heterocycles. The van der Waals surface area contributed by atoms with Crippen LogP contribution in [0.3, 0.4) is 0 Å². The van der Waals surface area contributed by atoms with Crippen LogP contribution in [-0.2, 0) is 5.41 Å². The Morgan fingerprint density at radius 1 is 0.362 bits per heavy atom. The molecule has 0 bridgehead atoms. The summed E-state index contributed by atoms with van der Waals surface area (Å²) in [4.78, 5) is 15.8. The van der Waals surface area contributed by atoms with Crippen molar-refractivity contribution in [3.05, 3.63) is 187 Å². The van der Waals surface area contributed by atoms with E-state index >= 15 is 0 Å². The highest BCUT2D eigenvalue weighted by molar-refractivity contribution is 6.26. The van der Waals surface area contributed by atoms with Crippen LogP contribution < -0.4 is 0 Å². The Morgan fingerprint density at radius 2 is 0.897 bits per heavy atom. The molecule has 0 N–H and O–H groups in total. The molecule has 2 heterocycles. The fourth-order valence-electron chi connectivity index (χ4n) is 9.65. The molecule has 0 radical (unpaired) electrons. The Balaban J connectivity index is 1.07. The maximum absolute atomic E-state index is 6.56. The third-order valence-corrected chi connectivity index (χ3v) is 12.3. The fourth-order valence-corrected chi connectivity index (χ4v) is 9.65. The number of nitrogens with zero attached hydrogens (tertiary/aromatic N) is 3. The molecule has 58 heavy (non-hydrogen) atoms. The van der Waals surface area contributed by atoms with Crippen LogP contribution in [0.4, 0.5) is 0 Å². The third-order valence-electron chi connectivity index (χ3n) is 12.3. The summed E-state index contributed by atoms with van der Waals surface area (Å²) in [6, 6.07) is 62.5. The van der Waals surface area contributed by atoms with E-state index in [4.69, 9.17) is 19.4 Å². The van der Waals surface area contributed by atoms with Crippen molar-refractivity contribution in [2.75, 3.05) is 0 Å². The first-order valence-electron chi connectivity index (χ1n) is 19.9. The van der Waals surface area contributed by atoms with Gasteiger partial charge in [0.1, 0.15) is 11.2 Å². The Morgan fingerprint density at radius 3 is 1.66 bits per heavy atom. The highest BCUT2D eigenvalue weighted by atomic mass is 16.3. The first kappa shape index (κ1) is 32.8. The molecule has 0 amide bonds. The molecule has 4 nitrogen and oxygen atoms in total. The number of hydrogen-bond acceptors (Lipinski definition) is 4.